The van der Waals surface area contributed by atoms with Gasteiger partial charge in [-0.1, -0.05) is 0 Å². The van der Waals surface area contributed by atoms with Crippen molar-refractivity contribution in [1.29, 1.82) is 0 Å². The maximum absolute atomic E-state index is 12.3. The highest BCUT2D eigenvalue weighted by Gasteiger charge is 2.24. The van der Waals surface area contributed by atoms with Gasteiger partial charge in [0.2, 0.25) is 0 Å². The van der Waals surface area contributed by atoms with Crippen molar-refractivity contribution in [2.75, 3.05) is 26.2 Å². The molecule has 0 bridgehead atoms. The molecule has 1 fully saturated rings. The second-order valence-electron chi connectivity index (χ2n) is 5.11. The average Bonchev–Trinajstić information content (AvgIpc) is 3.15. The van der Waals surface area contributed by atoms with Crippen molar-refractivity contribution < 1.29 is 9.59 Å². The van der Waals surface area contributed by atoms with E-state index >= 15 is 0 Å². The van der Waals surface area contributed by atoms with Gasteiger partial charge in [-0.15, -0.1) is 0 Å². The van der Waals surface area contributed by atoms with Gasteiger partial charge in [-0.3, -0.25) is 9.59 Å². The third-order valence-corrected chi connectivity index (χ3v) is 3.73. The molecular formula is C15H18N4O2. The van der Waals surface area contributed by atoms with Crippen molar-refractivity contribution in [3.8, 4) is 0 Å². The van der Waals surface area contributed by atoms with E-state index in [0.717, 1.165) is 6.42 Å². The Balaban J connectivity index is 1.64. The lowest BCUT2D eigenvalue weighted by molar-refractivity contribution is 0.0713. The molecule has 0 aromatic carbocycles. The third kappa shape index (κ3) is 2.84. The maximum atomic E-state index is 12.3. The predicted octanol–water partition coefficient (Wildman–Crippen LogP) is 1.33. The van der Waals surface area contributed by atoms with Crippen LogP contribution in [0, 0.1) is 0 Å². The van der Waals surface area contributed by atoms with Crippen LogP contribution in [0.2, 0.25) is 0 Å². The summed E-state index contributed by atoms with van der Waals surface area (Å²) in [6.45, 7) is 2.47. The molecule has 0 aliphatic carbocycles. The third-order valence-electron chi connectivity index (χ3n) is 3.73. The topological polar surface area (TPSA) is 72.2 Å². The zero-order valence-electron chi connectivity index (χ0n) is 11.7. The van der Waals surface area contributed by atoms with Gasteiger partial charge in [0, 0.05) is 38.6 Å². The molecule has 1 saturated heterocycles. The molecule has 2 aromatic rings. The molecule has 6 nitrogen and oxygen atoms in total. The lowest BCUT2D eigenvalue weighted by Crippen LogP contribution is -2.37. The first-order chi connectivity index (χ1) is 10.3. The van der Waals surface area contributed by atoms with E-state index in [1.807, 2.05) is 12.1 Å². The zero-order chi connectivity index (χ0) is 14.7. The molecule has 1 aliphatic rings. The van der Waals surface area contributed by atoms with Crippen LogP contribution in [0.25, 0.3) is 0 Å². The van der Waals surface area contributed by atoms with E-state index in [1.165, 1.54) is 0 Å². The van der Waals surface area contributed by atoms with Gasteiger partial charge in [-0.25, -0.2) is 0 Å². The van der Waals surface area contributed by atoms with Crippen LogP contribution in [0.5, 0.6) is 0 Å². The molecule has 0 saturated carbocycles. The number of H-pyrrole nitrogens is 2. The Morgan fingerprint density at radius 2 is 1.29 bits per heavy atom. The smallest absolute Gasteiger partial charge is 0.270 e. The second kappa shape index (κ2) is 5.87. The van der Waals surface area contributed by atoms with E-state index in [-0.39, 0.29) is 11.8 Å². The normalized spacial score (nSPS) is 15.8. The number of nitrogens with one attached hydrogen (secondary N) is 2. The average molecular weight is 286 g/mol. The van der Waals surface area contributed by atoms with Crippen molar-refractivity contribution in [2.45, 2.75) is 6.42 Å². The number of aromatic amines is 2. The van der Waals surface area contributed by atoms with E-state index in [9.17, 15) is 9.59 Å². The highest BCUT2D eigenvalue weighted by Crippen LogP contribution is 2.10. The summed E-state index contributed by atoms with van der Waals surface area (Å²) in [6.07, 6.45) is 4.27. The van der Waals surface area contributed by atoms with Crippen molar-refractivity contribution >= 4 is 11.8 Å². The summed E-state index contributed by atoms with van der Waals surface area (Å²) in [6, 6.07) is 7.17. The quantitative estimate of drug-likeness (QED) is 0.874. The molecule has 6 heteroatoms. The van der Waals surface area contributed by atoms with Crippen LogP contribution in [0.3, 0.4) is 0 Å². The summed E-state index contributed by atoms with van der Waals surface area (Å²) >= 11 is 0. The molecule has 0 spiro atoms. The Kier molecular flexibility index (Phi) is 3.77. The lowest BCUT2D eigenvalue weighted by atomic mass is 10.3. The van der Waals surface area contributed by atoms with Gasteiger partial charge in [0.05, 0.1) is 0 Å². The van der Waals surface area contributed by atoms with Gasteiger partial charge in [0.1, 0.15) is 11.4 Å². The molecule has 2 aromatic heterocycles. The van der Waals surface area contributed by atoms with Crippen molar-refractivity contribution in [2.24, 2.45) is 0 Å². The van der Waals surface area contributed by atoms with E-state index in [4.69, 9.17) is 0 Å². The number of hydrogen-bond acceptors (Lipinski definition) is 2. The van der Waals surface area contributed by atoms with E-state index in [1.54, 1.807) is 34.3 Å². The first-order valence-corrected chi connectivity index (χ1v) is 7.11. The largest absolute Gasteiger partial charge is 0.357 e. The first-order valence-electron chi connectivity index (χ1n) is 7.11. The molecule has 0 unspecified atom stereocenters. The van der Waals surface area contributed by atoms with Crippen LogP contribution in [0.15, 0.2) is 36.7 Å². The van der Waals surface area contributed by atoms with E-state index in [2.05, 4.69) is 9.97 Å². The molecule has 110 valence electrons. The Hall–Kier alpha value is -2.50. The SMILES string of the molecule is O=C(c1ccc[nH]1)N1CCCN(C(=O)c2ccc[nH]2)CC1. The summed E-state index contributed by atoms with van der Waals surface area (Å²) in [4.78, 5) is 34.1. The summed E-state index contributed by atoms with van der Waals surface area (Å²) in [7, 11) is 0. The van der Waals surface area contributed by atoms with Gasteiger partial charge in [0.15, 0.2) is 0 Å². The summed E-state index contributed by atoms with van der Waals surface area (Å²) in [5.41, 5.74) is 1.19. The second-order valence-corrected chi connectivity index (χ2v) is 5.11. The minimum Gasteiger partial charge on any atom is -0.357 e. The Bertz CT molecular complexity index is 549. The van der Waals surface area contributed by atoms with Crippen LogP contribution >= 0.6 is 0 Å². The van der Waals surface area contributed by atoms with E-state index in [0.29, 0.717) is 37.6 Å². The summed E-state index contributed by atoms with van der Waals surface area (Å²) in [5, 5.41) is 0. The van der Waals surface area contributed by atoms with Gasteiger partial charge < -0.3 is 19.8 Å². The predicted molar refractivity (Wildman–Crippen MR) is 78.0 cm³/mol. The van der Waals surface area contributed by atoms with E-state index < -0.39 is 0 Å². The number of nitrogens with zero attached hydrogens (tertiary/aromatic N) is 2. The maximum Gasteiger partial charge on any atom is 0.270 e. The molecule has 2 N–H and O–H groups in total. The standard InChI is InChI=1S/C15H18N4O2/c20-14(12-4-1-6-16-12)18-8-3-9-19(11-10-18)15(21)13-5-2-7-17-13/h1-2,4-7,16-17H,3,8-11H2. The Labute approximate surface area is 122 Å². The lowest BCUT2D eigenvalue weighted by Gasteiger charge is -2.21. The van der Waals surface area contributed by atoms with Gasteiger partial charge >= 0.3 is 0 Å². The van der Waals surface area contributed by atoms with Crippen LogP contribution < -0.4 is 0 Å². The van der Waals surface area contributed by atoms with Gasteiger partial charge in [-0.05, 0) is 30.7 Å². The number of hydrogen-bond donors (Lipinski definition) is 2. The zero-order valence-corrected chi connectivity index (χ0v) is 11.7. The van der Waals surface area contributed by atoms with Crippen molar-refractivity contribution in [1.82, 2.24) is 19.8 Å². The van der Waals surface area contributed by atoms with Crippen LogP contribution in [0.4, 0.5) is 0 Å². The van der Waals surface area contributed by atoms with Crippen LogP contribution in [0.1, 0.15) is 27.4 Å². The summed E-state index contributed by atoms with van der Waals surface area (Å²) < 4.78 is 0. The molecule has 21 heavy (non-hydrogen) atoms. The molecule has 1 aliphatic heterocycles. The molecule has 2 amide bonds. The molecule has 3 rings (SSSR count). The monoisotopic (exact) mass is 286 g/mol. The Morgan fingerprint density at radius 1 is 0.810 bits per heavy atom. The number of carbonyl (C=O) groups excluding carboxylic acids is 2. The Morgan fingerprint density at radius 3 is 1.67 bits per heavy atom. The van der Waals surface area contributed by atoms with Crippen LogP contribution in [-0.4, -0.2) is 57.8 Å². The number of aromatic nitrogens is 2. The molecule has 0 radical (unpaired) electrons. The molecular weight excluding hydrogens is 268 g/mol. The molecule has 3 heterocycles. The number of rotatable bonds is 2. The fourth-order valence-electron chi connectivity index (χ4n) is 2.59. The minimum atomic E-state index is -0.00540. The van der Waals surface area contributed by atoms with Gasteiger partial charge in [-0.2, -0.15) is 0 Å². The van der Waals surface area contributed by atoms with Crippen LogP contribution in [-0.2, 0) is 0 Å². The minimum absolute atomic E-state index is 0.00540. The number of amides is 2. The van der Waals surface area contributed by atoms with Gasteiger partial charge in [0.25, 0.3) is 11.8 Å². The fourth-order valence-corrected chi connectivity index (χ4v) is 2.59. The highest BCUT2D eigenvalue weighted by molar-refractivity contribution is 5.93. The molecule has 0 atom stereocenters. The van der Waals surface area contributed by atoms with Crippen molar-refractivity contribution in [3.63, 3.8) is 0 Å². The highest BCUT2D eigenvalue weighted by atomic mass is 16.2. The van der Waals surface area contributed by atoms with Crippen molar-refractivity contribution in [3.05, 3.63) is 48.0 Å². The fraction of sp³-hybridized carbons (Fsp3) is 0.333. The number of carbonyl (C=O) groups is 2. The summed E-state index contributed by atoms with van der Waals surface area (Å²) in [5.74, 6) is -0.0108. The first kappa shape index (κ1) is 13.5.